The van der Waals surface area contributed by atoms with Crippen LogP contribution in [0.1, 0.15) is 16.1 Å². The molecule has 0 aliphatic carbocycles. The molecule has 1 amide bonds. The summed E-state index contributed by atoms with van der Waals surface area (Å²) in [4.78, 5) is 26.7. The number of pyridine rings is 1. The van der Waals surface area contributed by atoms with Crippen LogP contribution in [-0.4, -0.2) is 22.0 Å². The van der Waals surface area contributed by atoms with Gasteiger partial charge in [0, 0.05) is 6.08 Å². The zero-order chi connectivity index (χ0) is 15.4. The highest BCUT2D eigenvalue weighted by Gasteiger charge is 2.14. The van der Waals surface area contributed by atoms with Crippen molar-refractivity contribution >= 4 is 67.0 Å². The molecule has 2 heterocycles. The number of rotatable bonds is 4. The number of nitrogens with zero attached hydrogens (tertiary/aromatic N) is 1. The van der Waals surface area contributed by atoms with Gasteiger partial charge in [-0.15, -0.1) is 11.3 Å². The molecule has 2 aromatic heterocycles. The Bertz CT molecular complexity index is 728. The Kier molecular flexibility index (Phi) is 5.27. The molecule has 0 unspecified atom stereocenters. The summed E-state index contributed by atoms with van der Waals surface area (Å²) in [5.41, 5.74) is 0.945. The lowest BCUT2D eigenvalue weighted by Crippen LogP contribution is -2.12. The van der Waals surface area contributed by atoms with E-state index >= 15 is 0 Å². The monoisotopic (exact) mass is 430 g/mol. The van der Waals surface area contributed by atoms with Crippen molar-refractivity contribution in [2.45, 2.75) is 0 Å². The lowest BCUT2D eigenvalue weighted by atomic mass is 10.3. The van der Waals surface area contributed by atoms with E-state index in [1.54, 1.807) is 24.3 Å². The minimum atomic E-state index is -1.06. The number of hydrogen-bond donors (Lipinski definition) is 2. The highest BCUT2D eigenvalue weighted by molar-refractivity contribution is 9.12. The second-order valence-electron chi connectivity index (χ2n) is 3.81. The number of anilines is 1. The van der Waals surface area contributed by atoms with Crippen LogP contribution in [0, 0.1) is 0 Å². The van der Waals surface area contributed by atoms with Crippen molar-refractivity contribution in [2.24, 2.45) is 0 Å². The maximum absolute atomic E-state index is 12.1. The molecule has 0 atom stereocenters. The van der Waals surface area contributed by atoms with Gasteiger partial charge in [-0.2, -0.15) is 0 Å². The standard InChI is InChI=1S/C13H8Br2N2O3S/c14-9-6-8(12(15)21-9)13(20)17-10-3-1-2-7(16-10)4-5-11(18)19/h1-6H,(H,18,19)(H,16,17,20)/b5-4+. The Balaban J connectivity index is 2.16. The first-order valence-corrected chi connectivity index (χ1v) is 8.00. The van der Waals surface area contributed by atoms with Crippen molar-refractivity contribution in [3.05, 3.63) is 49.2 Å². The Morgan fingerprint density at radius 1 is 1.33 bits per heavy atom. The number of thiophene rings is 1. The third-order valence-electron chi connectivity index (χ3n) is 2.31. The van der Waals surface area contributed by atoms with Gasteiger partial charge < -0.3 is 10.4 Å². The lowest BCUT2D eigenvalue weighted by molar-refractivity contribution is -0.131. The van der Waals surface area contributed by atoms with E-state index in [0.29, 0.717) is 20.9 Å². The quantitative estimate of drug-likeness (QED) is 0.716. The Labute approximate surface area is 141 Å². The molecule has 5 nitrogen and oxygen atoms in total. The number of amides is 1. The summed E-state index contributed by atoms with van der Waals surface area (Å²) in [7, 11) is 0. The first-order valence-electron chi connectivity index (χ1n) is 5.60. The molecule has 0 bridgehead atoms. The van der Waals surface area contributed by atoms with E-state index in [1.807, 2.05) is 0 Å². The fourth-order valence-corrected chi connectivity index (χ4v) is 4.24. The van der Waals surface area contributed by atoms with Crippen LogP contribution < -0.4 is 5.32 Å². The zero-order valence-electron chi connectivity index (χ0n) is 10.3. The molecule has 0 aliphatic rings. The second kappa shape index (κ2) is 6.97. The largest absolute Gasteiger partial charge is 0.478 e. The van der Waals surface area contributed by atoms with Crippen molar-refractivity contribution in [1.82, 2.24) is 4.98 Å². The molecule has 2 aromatic rings. The zero-order valence-corrected chi connectivity index (χ0v) is 14.3. The normalized spacial score (nSPS) is 10.8. The average Bonchev–Trinajstić information content (AvgIpc) is 2.76. The Morgan fingerprint density at radius 2 is 2.10 bits per heavy atom. The molecule has 21 heavy (non-hydrogen) atoms. The topological polar surface area (TPSA) is 79.3 Å². The van der Waals surface area contributed by atoms with Crippen LogP contribution in [0.4, 0.5) is 5.82 Å². The number of carbonyl (C=O) groups is 2. The molecule has 0 radical (unpaired) electrons. The van der Waals surface area contributed by atoms with Gasteiger partial charge in [-0.05, 0) is 56.1 Å². The maximum Gasteiger partial charge on any atom is 0.328 e. The van der Waals surface area contributed by atoms with Gasteiger partial charge in [0.25, 0.3) is 5.91 Å². The van der Waals surface area contributed by atoms with E-state index < -0.39 is 5.97 Å². The number of halogens is 2. The summed E-state index contributed by atoms with van der Waals surface area (Å²) in [5.74, 6) is -1.00. The fraction of sp³-hybridized carbons (Fsp3) is 0. The number of hydrogen-bond acceptors (Lipinski definition) is 4. The van der Waals surface area contributed by atoms with E-state index in [2.05, 4.69) is 42.2 Å². The van der Waals surface area contributed by atoms with Crippen molar-refractivity contribution in [2.75, 3.05) is 5.32 Å². The molecule has 108 valence electrons. The summed E-state index contributed by atoms with van der Waals surface area (Å²) in [6, 6.07) is 6.67. The van der Waals surface area contributed by atoms with Gasteiger partial charge >= 0.3 is 5.97 Å². The van der Waals surface area contributed by atoms with Gasteiger partial charge in [-0.1, -0.05) is 6.07 Å². The van der Waals surface area contributed by atoms with E-state index in [1.165, 1.54) is 17.4 Å². The molecule has 0 saturated carbocycles. The van der Waals surface area contributed by atoms with Crippen molar-refractivity contribution in [3.8, 4) is 0 Å². The predicted molar refractivity (Wildman–Crippen MR) is 88.6 cm³/mol. The fourth-order valence-electron chi connectivity index (χ4n) is 1.45. The molecule has 0 saturated heterocycles. The van der Waals surface area contributed by atoms with Crippen LogP contribution in [0.15, 0.2) is 37.9 Å². The third kappa shape index (κ3) is 4.48. The number of aromatic nitrogens is 1. The minimum Gasteiger partial charge on any atom is -0.478 e. The molecule has 0 spiro atoms. The number of carboxylic acid groups (broad SMARTS) is 1. The third-order valence-corrected chi connectivity index (χ3v) is 4.65. The number of carboxylic acids is 1. The smallest absolute Gasteiger partial charge is 0.328 e. The van der Waals surface area contributed by atoms with Crippen molar-refractivity contribution < 1.29 is 14.7 Å². The summed E-state index contributed by atoms with van der Waals surface area (Å²) in [6.45, 7) is 0. The summed E-state index contributed by atoms with van der Waals surface area (Å²) < 4.78 is 1.56. The van der Waals surface area contributed by atoms with Crippen LogP contribution in [0.25, 0.3) is 6.08 Å². The van der Waals surface area contributed by atoms with Crippen LogP contribution in [-0.2, 0) is 4.79 Å². The molecule has 0 aromatic carbocycles. The minimum absolute atomic E-state index is 0.296. The van der Waals surface area contributed by atoms with Crippen molar-refractivity contribution in [3.63, 3.8) is 0 Å². The Morgan fingerprint density at radius 3 is 2.71 bits per heavy atom. The van der Waals surface area contributed by atoms with Gasteiger partial charge in [0.1, 0.15) is 5.82 Å². The van der Waals surface area contributed by atoms with Crippen LogP contribution in [0.2, 0.25) is 0 Å². The molecule has 2 N–H and O–H groups in total. The van der Waals surface area contributed by atoms with E-state index in [9.17, 15) is 9.59 Å². The van der Waals surface area contributed by atoms with Gasteiger partial charge in [-0.3, -0.25) is 4.79 Å². The SMILES string of the molecule is O=C(O)/C=C/c1cccc(NC(=O)c2cc(Br)sc2Br)n1. The van der Waals surface area contributed by atoms with E-state index in [4.69, 9.17) is 5.11 Å². The predicted octanol–water partition coefficient (Wildman–Crippen LogP) is 4.02. The van der Waals surface area contributed by atoms with Gasteiger partial charge in [-0.25, -0.2) is 9.78 Å². The first kappa shape index (κ1) is 15.9. The first-order chi connectivity index (χ1) is 9.95. The summed E-state index contributed by atoms with van der Waals surface area (Å²) >= 11 is 8.03. The maximum atomic E-state index is 12.1. The van der Waals surface area contributed by atoms with Crippen LogP contribution in [0.3, 0.4) is 0 Å². The molecule has 0 aliphatic heterocycles. The summed E-state index contributed by atoms with van der Waals surface area (Å²) in [5, 5.41) is 11.2. The highest BCUT2D eigenvalue weighted by Crippen LogP contribution is 2.32. The van der Waals surface area contributed by atoms with Crippen LogP contribution in [0.5, 0.6) is 0 Å². The molecule has 2 rings (SSSR count). The van der Waals surface area contributed by atoms with Gasteiger partial charge in [0.05, 0.1) is 18.8 Å². The van der Waals surface area contributed by atoms with E-state index in [0.717, 1.165) is 9.86 Å². The molecule has 0 fully saturated rings. The molecular formula is C13H8Br2N2O3S. The van der Waals surface area contributed by atoms with Crippen LogP contribution >= 0.6 is 43.2 Å². The Hall–Kier alpha value is -1.51. The van der Waals surface area contributed by atoms with E-state index in [-0.39, 0.29) is 5.91 Å². The molecule has 8 heteroatoms. The van der Waals surface area contributed by atoms with Crippen molar-refractivity contribution in [1.29, 1.82) is 0 Å². The summed E-state index contributed by atoms with van der Waals surface area (Å²) in [6.07, 6.45) is 2.34. The van der Waals surface area contributed by atoms with Gasteiger partial charge in [0.15, 0.2) is 0 Å². The number of carbonyl (C=O) groups excluding carboxylic acids is 1. The second-order valence-corrected chi connectivity index (χ2v) is 7.56. The molecular weight excluding hydrogens is 424 g/mol. The van der Waals surface area contributed by atoms with Gasteiger partial charge in [0.2, 0.25) is 0 Å². The highest BCUT2D eigenvalue weighted by atomic mass is 79.9. The average molecular weight is 432 g/mol. The number of nitrogens with one attached hydrogen (secondary N) is 1. The lowest BCUT2D eigenvalue weighted by Gasteiger charge is -2.04. The number of aliphatic carboxylic acids is 1.